The highest BCUT2D eigenvalue weighted by molar-refractivity contribution is 5.97. The van der Waals surface area contributed by atoms with Gasteiger partial charge < -0.3 is 10.1 Å². The van der Waals surface area contributed by atoms with Gasteiger partial charge in [-0.25, -0.2) is 4.79 Å². The van der Waals surface area contributed by atoms with E-state index in [1.807, 2.05) is 31.2 Å². The molecule has 0 spiro atoms. The summed E-state index contributed by atoms with van der Waals surface area (Å²) in [5.41, 5.74) is 3.79. The molecule has 0 bridgehead atoms. The van der Waals surface area contributed by atoms with E-state index in [9.17, 15) is 4.79 Å². The Labute approximate surface area is 93.7 Å². The molecule has 0 atom stereocenters. The molecule has 1 aromatic heterocycles. The second kappa shape index (κ2) is 3.85. The van der Waals surface area contributed by atoms with E-state index >= 15 is 0 Å². The van der Waals surface area contributed by atoms with Crippen LogP contribution in [0.4, 0.5) is 0 Å². The number of hydrogen-bond acceptors (Lipinski definition) is 1. The minimum atomic E-state index is -0.892. The average Bonchev–Trinajstić information content (AvgIpc) is 2.61. The standard InChI is InChI=1S/C13H13NO2/c1-8-5-3-4-6-10(8)12-11(13(15)16)9(2)7-14-12/h3-7,14H,1-2H3,(H,15,16). The highest BCUT2D eigenvalue weighted by atomic mass is 16.4. The van der Waals surface area contributed by atoms with Crippen LogP contribution in [0, 0.1) is 13.8 Å². The van der Waals surface area contributed by atoms with Crippen molar-refractivity contribution in [2.45, 2.75) is 13.8 Å². The van der Waals surface area contributed by atoms with Gasteiger partial charge in [-0.05, 0) is 25.0 Å². The van der Waals surface area contributed by atoms with Crippen molar-refractivity contribution < 1.29 is 9.90 Å². The van der Waals surface area contributed by atoms with Crippen LogP contribution in [-0.2, 0) is 0 Å². The molecule has 0 fully saturated rings. The molecule has 3 nitrogen and oxygen atoms in total. The fraction of sp³-hybridized carbons (Fsp3) is 0.154. The smallest absolute Gasteiger partial charge is 0.338 e. The van der Waals surface area contributed by atoms with E-state index in [0.29, 0.717) is 11.3 Å². The number of rotatable bonds is 2. The average molecular weight is 215 g/mol. The van der Waals surface area contributed by atoms with Gasteiger partial charge in [0.1, 0.15) is 0 Å². The summed E-state index contributed by atoms with van der Waals surface area (Å²) in [6.45, 7) is 3.76. The van der Waals surface area contributed by atoms with Crippen molar-refractivity contribution in [2.24, 2.45) is 0 Å². The van der Waals surface area contributed by atoms with Crippen LogP contribution in [0.15, 0.2) is 30.5 Å². The summed E-state index contributed by atoms with van der Waals surface area (Å²) in [6.07, 6.45) is 1.73. The molecule has 0 amide bonds. The highest BCUT2D eigenvalue weighted by Crippen LogP contribution is 2.27. The molecule has 1 heterocycles. The molecule has 0 unspecified atom stereocenters. The van der Waals surface area contributed by atoms with Gasteiger partial charge in [-0.15, -0.1) is 0 Å². The van der Waals surface area contributed by atoms with E-state index in [2.05, 4.69) is 4.98 Å². The van der Waals surface area contributed by atoms with E-state index in [4.69, 9.17) is 5.11 Å². The molecular formula is C13H13NO2. The molecule has 3 heteroatoms. The Kier molecular flexibility index (Phi) is 2.52. The zero-order chi connectivity index (χ0) is 11.7. The topological polar surface area (TPSA) is 53.1 Å². The zero-order valence-corrected chi connectivity index (χ0v) is 9.24. The molecule has 0 saturated carbocycles. The van der Waals surface area contributed by atoms with Crippen molar-refractivity contribution >= 4 is 5.97 Å². The fourth-order valence-electron chi connectivity index (χ4n) is 1.86. The van der Waals surface area contributed by atoms with E-state index in [-0.39, 0.29) is 0 Å². The second-order valence-electron chi connectivity index (χ2n) is 3.84. The van der Waals surface area contributed by atoms with Crippen molar-refractivity contribution in [1.29, 1.82) is 0 Å². The van der Waals surface area contributed by atoms with Gasteiger partial charge in [0.05, 0.1) is 11.3 Å². The summed E-state index contributed by atoms with van der Waals surface area (Å²) in [5, 5.41) is 9.17. The van der Waals surface area contributed by atoms with Crippen molar-refractivity contribution in [3.8, 4) is 11.3 Å². The number of aromatic amines is 1. The van der Waals surface area contributed by atoms with Crippen LogP contribution in [0.5, 0.6) is 0 Å². The van der Waals surface area contributed by atoms with E-state index in [1.165, 1.54) is 0 Å². The van der Waals surface area contributed by atoms with Crippen LogP contribution >= 0.6 is 0 Å². The summed E-state index contributed by atoms with van der Waals surface area (Å²) in [6, 6.07) is 7.74. The lowest BCUT2D eigenvalue weighted by Gasteiger charge is -2.05. The quantitative estimate of drug-likeness (QED) is 0.809. The van der Waals surface area contributed by atoms with Crippen LogP contribution in [-0.4, -0.2) is 16.1 Å². The van der Waals surface area contributed by atoms with Gasteiger partial charge in [-0.1, -0.05) is 24.3 Å². The number of aryl methyl sites for hydroxylation is 2. The Morgan fingerprint density at radius 1 is 1.19 bits per heavy atom. The minimum Gasteiger partial charge on any atom is -0.478 e. The second-order valence-corrected chi connectivity index (χ2v) is 3.84. The maximum absolute atomic E-state index is 11.2. The molecule has 0 saturated heterocycles. The first-order valence-electron chi connectivity index (χ1n) is 5.08. The molecule has 2 N–H and O–H groups in total. The van der Waals surface area contributed by atoms with Crippen molar-refractivity contribution in [3.63, 3.8) is 0 Å². The Hall–Kier alpha value is -2.03. The van der Waals surface area contributed by atoms with Gasteiger partial charge in [-0.3, -0.25) is 0 Å². The fourth-order valence-corrected chi connectivity index (χ4v) is 1.86. The number of aromatic carboxylic acids is 1. The Morgan fingerprint density at radius 2 is 1.88 bits per heavy atom. The van der Waals surface area contributed by atoms with Gasteiger partial charge in [0.25, 0.3) is 0 Å². The molecule has 82 valence electrons. The van der Waals surface area contributed by atoms with E-state index < -0.39 is 5.97 Å². The third-order valence-electron chi connectivity index (χ3n) is 2.71. The summed E-state index contributed by atoms with van der Waals surface area (Å²) in [7, 11) is 0. The monoisotopic (exact) mass is 215 g/mol. The summed E-state index contributed by atoms with van der Waals surface area (Å²) in [4.78, 5) is 14.2. The Bertz CT molecular complexity index is 541. The van der Waals surface area contributed by atoms with Crippen LogP contribution in [0.2, 0.25) is 0 Å². The molecule has 0 aliphatic heterocycles. The van der Waals surface area contributed by atoms with Gasteiger partial charge in [-0.2, -0.15) is 0 Å². The summed E-state index contributed by atoms with van der Waals surface area (Å²) in [5.74, 6) is -0.892. The zero-order valence-electron chi connectivity index (χ0n) is 9.24. The minimum absolute atomic E-state index is 0.356. The maximum atomic E-state index is 11.2. The van der Waals surface area contributed by atoms with E-state index in [0.717, 1.165) is 16.7 Å². The normalized spacial score (nSPS) is 10.4. The lowest BCUT2D eigenvalue weighted by Crippen LogP contribution is -1.99. The van der Waals surface area contributed by atoms with Crippen molar-refractivity contribution in [1.82, 2.24) is 4.98 Å². The van der Waals surface area contributed by atoms with Crippen LogP contribution in [0.1, 0.15) is 21.5 Å². The highest BCUT2D eigenvalue weighted by Gasteiger charge is 2.17. The molecule has 2 aromatic rings. The molecule has 0 aliphatic carbocycles. The first-order chi connectivity index (χ1) is 7.61. The Balaban J connectivity index is 2.66. The molecule has 2 rings (SSSR count). The molecule has 0 aliphatic rings. The SMILES string of the molecule is Cc1ccccc1-c1[nH]cc(C)c1C(=O)O. The predicted molar refractivity (Wildman–Crippen MR) is 62.7 cm³/mol. The first kappa shape index (κ1) is 10.5. The number of carboxylic acids is 1. The lowest BCUT2D eigenvalue weighted by molar-refractivity contribution is 0.0697. The third-order valence-corrected chi connectivity index (χ3v) is 2.71. The predicted octanol–water partition coefficient (Wildman–Crippen LogP) is 3.00. The molecule has 16 heavy (non-hydrogen) atoms. The number of benzene rings is 1. The van der Waals surface area contributed by atoms with Gasteiger partial charge in [0, 0.05) is 11.8 Å². The number of H-pyrrole nitrogens is 1. The Morgan fingerprint density at radius 3 is 2.50 bits per heavy atom. The molecule has 0 radical (unpaired) electrons. The third kappa shape index (κ3) is 1.60. The van der Waals surface area contributed by atoms with Crippen molar-refractivity contribution in [3.05, 3.63) is 47.2 Å². The summed E-state index contributed by atoms with van der Waals surface area (Å²) >= 11 is 0. The van der Waals surface area contributed by atoms with Crippen LogP contribution in [0.25, 0.3) is 11.3 Å². The maximum Gasteiger partial charge on any atom is 0.338 e. The van der Waals surface area contributed by atoms with Crippen LogP contribution < -0.4 is 0 Å². The largest absolute Gasteiger partial charge is 0.478 e. The van der Waals surface area contributed by atoms with Crippen LogP contribution in [0.3, 0.4) is 0 Å². The summed E-state index contributed by atoms with van der Waals surface area (Å²) < 4.78 is 0. The van der Waals surface area contributed by atoms with Crippen molar-refractivity contribution in [2.75, 3.05) is 0 Å². The first-order valence-corrected chi connectivity index (χ1v) is 5.08. The van der Waals surface area contributed by atoms with E-state index in [1.54, 1.807) is 13.1 Å². The number of carboxylic acid groups (broad SMARTS) is 1. The molecule has 1 aromatic carbocycles. The molecular weight excluding hydrogens is 202 g/mol. The number of hydrogen-bond donors (Lipinski definition) is 2. The van der Waals surface area contributed by atoms with Gasteiger partial charge in [0.2, 0.25) is 0 Å². The number of aromatic nitrogens is 1. The van der Waals surface area contributed by atoms with Gasteiger partial charge >= 0.3 is 5.97 Å². The number of carbonyl (C=O) groups is 1. The number of nitrogens with one attached hydrogen (secondary N) is 1. The van der Waals surface area contributed by atoms with Gasteiger partial charge in [0.15, 0.2) is 0 Å². The lowest BCUT2D eigenvalue weighted by atomic mass is 10.0.